The minimum Gasteiger partial charge on any atom is -0.337 e. The van der Waals surface area contributed by atoms with Gasteiger partial charge in [-0.25, -0.2) is 0 Å². The summed E-state index contributed by atoms with van der Waals surface area (Å²) in [4.78, 5) is 14.4. The molecule has 1 fully saturated rings. The van der Waals surface area contributed by atoms with Gasteiger partial charge in [0.15, 0.2) is 0 Å². The maximum Gasteiger partial charge on any atom is 0.253 e. The standard InChI is InChI=1S/C15H17N3OS/c19-15(17-7-9-20-10-8-17)14-4-1-3-13(11-14)12-18-6-2-5-16-18/h1-6,11H,7-10,12H2. The first-order valence-corrected chi connectivity index (χ1v) is 7.92. The maximum atomic E-state index is 12.4. The molecule has 0 N–H and O–H groups in total. The van der Waals surface area contributed by atoms with Gasteiger partial charge in [0.05, 0.1) is 6.54 Å². The van der Waals surface area contributed by atoms with Gasteiger partial charge in [-0.2, -0.15) is 16.9 Å². The average molecular weight is 287 g/mol. The molecule has 5 heteroatoms. The highest BCUT2D eigenvalue weighted by Gasteiger charge is 2.18. The minimum atomic E-state index is 0.146. The topological polar surface area (TPSA) is 38.1 Å². The van der Waals surface area contributed by atoms with Crippen LogP contribution in [0.4, 0.5) is 0 Å². The van der Waals surface area contributed by atoms with Gasteiger partial charge < -0.3 is 4.90 Å². The Morgan fingerprint density at radius 2 is 2.10 bits per heavy atom. The summed E-state index contributed by atoms with van der Waals surface area (Å²) in [6.45, 7) is 2.41. The SMILES string of the molecule is O=C(c1cccc(Cn2cccn2)c1)N1CCSCC1. The summed E-state index contributed by atoms with van der Waals surface area (Å²) in [5, 5.41) is 4.19. The summed E-state index contributed by atoms with van der Waals surface area (Å²) in [7, 11) is 0. The second kappa shape index (κ2) is 6.13. The number of amides is 1. The molecule has 1 saturated heterocycles. The van der Waals surface area contributed by atoms with E-state index in [1.807, 2.05) is 57.9 Å². The highest BCUT2D eigenvalue weighted by atomic mass is 32.2. The van der Waals surface area contributed by atoms with Crippen LogP contribution in [0.1, 0.15) is 15.9 Å². The molecule has 0 spiro atoms. The summed E-state index contributed by atoms with van der Waals surface area (Å²) in [5.41, 5.74) is 1.88. The number of carbonyl (C=O) groups excluding carboxylic acids is 1. The van der Waals surface area contributed by atoms with Gasteiger partial charge in [-0.05, 0) is 23.8 Å². The fraction of sp³-hybridized carbons (Fsp3) is 0.333. The molecular weight excluding hydrogens is 270 g/mol. The first kappa shape index (κ1) is 13.2. The van der Waals surface area contributed by atoms with Crippen LogP contribution in [0.2, 0.25) is 0 Å². The molecule has 3 rings (SSSR count). The number of benzene rings is 1. The largest absolute Gasteiger partial charge is 0.337 e. The molecule has 0 radical (unpaired) electrons. The van der Waals surface area contributed by atoms with E-state index in [4.69, 9.17) is 0 Å². The van der Waals surface area contributed by atoms with Crippen molar-refractivity contribution < 1.29 is 4.79 Å². The van der Waals surface area contributed by atoms with E-state index in [0.717, 1.165) is 35.7 Å². The van der Waals surface area contributed by atoms with Gasteiger partial charge in [0.25, 0.3) is 5.91 Å². The molecule has 0 aliphatic carbocycles. The lowest BCUT2D eigenvalue weighted by Gasteiger charge is -2.26. The molecule has 2 aromatic rings. The van der Waals surface area contributed by atoms with Crippen LogP contribution in [0, 0.1) is 0 Å². The zero-order valence-electron chi connectivity index (χ0n) is 11.2. The third kappa shape index (κ3) is 3.04. The number of hydrogen-bond donors (Lipinski definition) is 0. The van der Waals surface area contributed by atoms with Crippen LogP contribution < -0.4 is 0 Å². The molecule has 0 saturated carbocycles. The third-order valence-corrected chi connectivity index (χ3v) is 4.32. The quantitative estimate of drug-likeness (QED) is 0.868. The molecule has 104 valence electrons. The first-order valence-electron chi connectivity index (χ1n) is 6.76. The van der Waals surface area contributed by atoms with Crippen LogP contribution in [0.3, 0.4) is 0 Å². The Bertz CT molecular complexity index is 577. The number of carbonyl (C=O) groups is 1. The molecule has 1 aliphatic heterocycles. The summed E-state index contributed by atoms with van der Waals surface area (Å²) in [6, 6.07) is 9.76. The van der Waals surface area contributed by atoms with Gasteiger partial charge in [-0.15, -0.1) is 0 Å². The number of hydrogen-bond acceptors (Lipinski definition) is 3. The van der Waals surface area contributed by atoms with Gasteiger partial charge in [0, 0.05) is 42.6 Å². The molecule has 20 heavy (non-hydrogen) atoms. The smallest absolute Gasteiger partial charge is 0.253 e. The van der Waals surface area contributed by atoms with Crippen molar-refractivity contribution in [2.75, 3.05) is 24.6 Å². The van der Waals surface area contributed by atoms with E-state index in [2.05, 4.69) is 5.10 Å². The predicted molar refractivity (Wildman–Crippen MR) is 81.0 cm³/mol. The fourth-order valence-corrected chi connectivity index (χ4v) is 3.24. The molecule has 2 heterocycles. The zero-order valence-corrected chi connectivity index (χ0v) is 12.1. The van der Waals surface area contributed by atoms with E-state index in [9.17, 15) is 4.79 Å². The lowest BCUT2D eigenvalue weighted by atomic mass is 10.1. The van der Waals surface area contributed by atoms with Crippen molar-refractivity contribution in [3.05, 3.63) is 53.9 Å². The molecule has 0 bridgehead atoms. The predicted octanol–water partition coefficient (Wildman–Crippen LogP) is 2.12. The van der Waals surface area contributed by atoms with Crippen molar-refractivity contribution in [2.24, 2.45) is 0 Å². The van der Waals surface area contributed by atoms with Crippen molar-refractivity contribution in [1.82, 2.24) is 14.7 Å². The van der Waals surface area contributed by atoms with Crippen LogP contribution >= 0.6 is 11.8 Å². The van der Waals surface area contributed by atoms with Gasteiger partial charge in [-0.3, -0.25) is 9.48 Å². The highest BCUT2D eigenvalue weighted by molar-refractivity contribution is 7.99. The third-order valence-electron chi connectivity index (χ3n) is 3.38. The van der Waals surface area contributed by atoms with Crippen molar-refractivity contribution >= 4 is 17.7 Å². The number of aromatic nitrogens is 2. The lowest BCUT2D eigenvalue weighted by molar-refractivity contribution is 0.0772. The Morgan fingerprint density at radius 3 is 2.85 bits per heavy atom. The van der Waals surface area contributed by atoms with Crippen molar-refractivity contribution in [2.45, 2.75) is 6.54 Å². The summed E-state index contributed by atoms with van der Waals surface area (Å²) in [5.74, 6) is 2.23. The zero-order chi connectivity index (χ0) is 13.8. The Hall–Kier alpha value is -1.75. The Labute approximate surface area is 122 Å². The van der Waals surface area contributed by atoms with Gasteiger partial charge >= 0.3 is 0 Å². The number of thioether (sulfide) groups is 1. The van der Waals surface area contributed by atoms with E-state index in [1.165, 1.54) is 0 Å². The van der Waals surface area contributed by atoms with Crippen molar-refractivity contribution in [1.29, 1.82) is 0 Å². The fourth-order valence-electron chi connectivity index (χ4n) is 2.33. The Kier molecular flexibility index (Phi) is 4.06. The van der Waals surface area contributed by atoms with E-state index >= 15 is 0 Å². The molecule has 0 atom stereocenters. The average Bonchev–Trinajstić information content (AvgIpc) is 3.01. The summed E-state index contributed by atoms with van der Waals surface area (Å²) >= 11 is 1.91. The second-order valence-corrected chi connectivity index (χ2v) is 6.03. The summed E-state index contributed by atoms with van der Waals surface area (Å²) < 4.78 is 1.86. The summed E-state index contributed by atoms with van der Waals surface area (Å²) in [6.07, 6.45) is 3.69. The second-order valence-electron chi connectivity index (χ2n) is 4.81. The van der Waals surface area contributed by atoms with Crippen molar-refractivity contribution in [3.63, 3.8) is 0 Å². The molecule has 1 aromatic heterocycles. The van der Waals surface area contributed by atoms with Crippen LogP contribution in [0.25, 0.3) is 0 Å². The normalized spacial score (nSPS) is 15.3. The molecular formula is C15H17N3OS. The van der Waals surface area contributed by atoms with Gasteiger partial charge in [0.2, 0.25) is 0 Å². The molecule has 1 amide bonds. The van der Waals surface area contributed by atoms with Crippen molar-refractivity contribution in [3.8, 4) is 0 Å². The molecule has 0 unspecified atom stereocenters. The maximum absolute atomic E-state index is 12.4. The number of rotatable bonds is 3. The molecule has 1 aliphatic rings. The lowest BCUT2D eigenvalue weighted by Crippen LogP contribution is -2.37. The van der Waals surface area contributed by atoms with E-state index in [0.29, 0.717) is 6.54 Å². The van der Waals surface area contributed by atoms with Crippen LogP contribution in [-0.2, 0) is 6.54 Å². The van der Waals surface area contributed by atoms with E-state index in [-0.39, 0.29) is 5.91 Å². The molecule has 4 nitrogen and oxygen atoms in total. The highest BCUT2D eigenvalue weighted by Crippen LogP contribution is 2.14. The first-order chi connectivity index (χ1) is 9.83. The Balaban J connectivity index is 1.74. The monoisotopic (exact) mass is 287 g/mol. The van der Waals surface area contributed by atoms with E-state index < -0.39 is 0 Å². The van der Waals surface area contributed by atoms with E-state index in [1.54, 1.807) is 6.20 Å². The number of nitrogens with zero attached hydrogens (tertiary/aromatic N) is 3. The van der Waals surface area contributed by atoms with Crippen LogP contribution in [-0.4, -0.2) is 45.2 Å². The Morgan fingerprint density at radius 1 is 1.25 bits per heavy atom. The minimum absolute atomic E-state index is 0.146. The van der Waals surface area contributed by atoms with Crippen LogP contribution in [0.15, 0.2) is 42.7 Å². The van der Waals surface area contributed by atoms with Gasteiger partial charge in [-0.1, -0.05) is 12.1 Å². The van der Waals surface area contributed by atoms with Gasteiger partial charge in [0.1, 0.15) is 0 Å². The van der Waals surface area contributed by atoms with Crippen LogP contribution in [0.5, 0.6) is 0 Å². The molecule has 1 aromatic carbocycles.